The summed E-state index contributed by atoms with van der Waals surface area (Å²) in [4.78, 5) is 32.1. The number of rotatable bonds is 5. The highest BCUT2D eigenvalue weighted by Gasteiger charge is 2.24. The Kier molecular flexibility index (Phi) is 14.9. The molecular weight excluding hydrogens is 434 g/mol. The monoisotopic (exact) mass is 475 g/mol. The molecule has 1 amide bonds. The number of aromatic nitrogens is 1. The highest BCUT2D eigenvalue weighted by atomic mass is 16.6. The largest absolute Gasteiger partial charge is 0.480 e. The first kappa shape index (κ1) is 30.8. The molecule has 3 rings (SSSR count). The number of hydrogen-bond donors (Lipinski definition) is 1. The van der Waals surface area contributed by atoms with Gasteiger partial charge in [0, 0.05) is 44.1 Å². The number of nitro groups is 1. The minimum Gasteiger partial charge on any atom is -0.480 e. The van der Waals surface area contributed by atoms with Crippen LogP contribution in [0.3, 0.4) is 0 Å². The van der Waals surface area contributed by atoms with Gasteiger partial charge < -0.3 is 19.9 Å². The van der Waals surface area contributed by atoms with Crippen molar-refractivity contribution in [1.29, 1.82) is 0 Å². The topological polar surface area (TPSA) is 101 Å². The predicted octanol–water partition coefficient (Wildman–Crippen LogP) is 5.39. The molecule has 0 spiro atoms. The molecule has 1 fully saturated rings. The molecule has 190 valence electrons. The molecule has 1 aliphatic heterocycles. The number of amides is 1. The number of carbonyl (C=O) groups excluding carboxylic acids is 1. The first-order valence-corrected chi connectivity index (χ1v) is 11.9. The fourth-order valence-corrected chi connectivity index (χ4v) is 3.22. The maximum atomic E-state index is 12.7. The number of aryl methyl sites for hydroxylation is 1. The number of likely N-dealkylation sites (N-methyl/N-ethyl adjacent to an activating group) is 1. The van der Waals surface area contributed by atoms with Crippen molar-refractivity contribution in [2.75, 3.05) is 50.6 Å². The molecular formula is C25H41N5O4. The third-order valence-corrected chi connectivity index (χ3v) is 4.82. The van der Waals surface area contributed by atoms with Gasteiger partial charge in [0.15, 0.2) is 0 Å². The molecule has 1 aromatic carbocycles. The second-order valence-corrected chi connectivity index (χ2v) is 6.72. The van der Waals surface area contributed by atoms with Crippen molar-refractivity contribution >= 4 is 23.0 Å². The van der Waals surface area contributed by atoms with E-state index in [4.69, 9.17) is 4.74 Å². The Hall–Kier alpha value is -3.20. The Bertz CT molecular complexity index is 897. The normalized spacial score (nSPS) is 12.6. The van der Waals surface area contributed by atoms with Crippen molar-refractivity contribution in [3.8, 4) is 5.88 Å². The van der Waals surface area contributed by atoms with Gasteiger partial charge in [-0.2, -0.15) is 0 Å². The molecule has 1 N–H and O–H groups in total. The highest BCUT2D eigenvalue weighted by molar-refractivity contribution is 6.07. The van der Waals surface area contributed by atoms with E-state index in [0.717, 1.165) is 26.2 Å². The van der Waals surface area contributed by atoms with Crippen LogP contribution in [-0.2, 0) is 0 Å². The molecule has 9 nitrogen and oxygen atoms in total. The van der Waals surface area contributed by atoms with E-state index in [1.807, 2.05) is 53.5 Å². The van der Waals surface area contributed by atoms with Gasteiger partial charge in [-0.3, -0.25) is 14.9 Å². The van der Waals surface area contributed by atoms with Gasteiger partial charge in [-0.05, 0) is 37.7 Å². The summed E-state index contributed by atoms with van der Waals surface area (Å²) in [5, 5.41) is 14.3. The van der Waals surface area contributed by atoms with Crippen LogP contribution in [-0.4, -0.2) is 61.1 Å². The number of methoxy groups -OCH3 is 1. The SMILES string of the molecule is CC.CC.CC.COc1nccc(C)c1C(=O)Nc1ccc(N2CCN(C)CC2)c([N+](=O)[O-])c1. The van der Waals surface area contributed by atoms with Crippen LogP contribution in [0.15, 0.2) is 30.5 Å². The molecule has 2 heterocycles. The molecule has 0 atom stereocenters. The Morgan fingerprint density at radius 1 is 1.06 bits per heavy atom. The fraction of sp³-hybridized carbons (Fsp3) is 0.520. The zero-order chi connectivity index (χ0) is 26.3. The smallest absolute Gasteiger partial charge is 0.294 e. The second kappa shape index (κ2) is 16.4. The maximum absolute atomic E-state index is 12.7. The van der Waals surface area contributed by atoms with Crippen molar-refractivity contribution in [2.45, 2.75) is 48.5 Å². The minimum atomic E-state index is -0.427. The van der Waals surface area contributed by atoms with Crippen LogP contribution in [0.1, 0.15) is 57.5 Å². The van der Waals surface area contributed by atoms with E-state index in [-0.39, 0.29) is 11.6 Å². The minimum absolute atomic E-state index is 0.0303. The molecule has 1 aliphatic rings. The van der Waals surface area contributed by atoms with Crippen molar-refractivity contribution in [3.05, 3.63) is 51.7 Å². The molecule has 1 saturated heterocycles. The van der Waals surface area contributed by atoms with Crippen LogP contribution in [0.4, 0.5) is 17.1 Å². The fourth-order valence-electron chi connectivity index (χ4n) is 3.22. The Morgan fingerprint density at radius 3 is 2.18 bits per heavy atom. The number of benzene rings is 1. The number of nitrogens with one attached hydrogen (secondary N) is 1. The molecule has 1 aromatic heterocycles. The zero-order valence-electron chi connectivity index (χ0n) is 22.1. The van der Waals surface area contributed by atoms with Crippen LogP contribution in [0.25, 0.3) is 0 Å². The van der Waals surface area contributed by atoms with E-state index in [1.165, 1.54) is 13.2 Å². The summed E-state index contributed by atoms with van der Waals surface area (Å²) in [5.74, 6) is -0.217. The third kappa shape index (κ3) is 8.30. The summed E-state index contributed by atoms with van der Waals surface area (Å²) in [7, 11) is 3.47. The van der Waals surface area contributed by atoms with E-state index in [0.29, 0.717) is 22.5 Å². The van der Waals surface area contributed by atoms with E-state index < -0.39 is 10.8 Å². The number of anilines is 2. The zero-order valence-corrected chi connectivity index (χ0v) is 22.1. The molecule has 0 aliphatic carbocycles. The van der Waals surface area contributed by atoms with Crippen LogP contribution in [0, 0.1) is 17.0 Å². The predicted molar refractivity (Wildman–Crippen MR) is 140 cm³/mol. The summed E-state index contributed by atoms with van der Waals surface area (Å²) in [6, 6.07) is 6.46. The van der Waals surface area contributed by atoms with Gasteiger partial charge in [0.05, 0.1) is 12.0 Å². The Balaban J connectivity index is 0.00000168. The van der Waals surface area contributed by atoms with E-state index in [9.17, 15) is 14.9 Å². The van der Waals surface area contributed by atoms with Gasteiger partial charge in [-0.25, -0.2) is 4.98 Å². The Labute approximate surface area is 204 Å². The number of piperazine rings is 1. The lowest BCUT2D eigenvalue weighted by Crippen LogP contribution is -2.44. The second-order valence-electron chi connectivity index (χ2n) is 6.72. The molecule has 0 unspecified atom stereocenters. The van der Waals surface area contributed by atoms with E-state index >= 15 is 0 Å². The van der Waals surface area contributed by atoms with E-state index in [1.54, 1.807) is 31.3 Å². The van der Waals surface area contributed by atoms with Crippen molar-refractivity contribution in [3.63, 3.8) is 0 Å². The maximum Gasteiger partial charge on any atom is 0.294 e. The lowest BCUT2D eigenvalue weighted by molar-refractivity contribution is -0.384. The highest BCUT2D eigenvalue weighted by Crippen LogP contribution is 2.32. The van der Waals surface area contributed by atoms with Crippen molar-refractivity contribution in [1.82, 2.24) is 9.88 Å². The van der Waals surface area contributed by atoms with Crippen LogP contribution < -0.4 is 15.0 Å². The quantitative estimate of drug-likeness (QED) is 0.457. The lowest BCUT2D eigenvalue weighted by atomic mass is 10.1. The van der Waals surface area contributed by atoms with Gasteiger partial charge in [0.2, 0.25) is 5.88 Å². The van der Waals surface area contributed by atoms with Crippen LogP contribution >= 0.6 is 0 Å². The number of hydrogen-bond acceptors (Lipinski definition) is 7. The molecule has 0 bridgehead atoms. The standard InChI is InChI=1S/C19H23N5O4.3C2H6/c1-13-6-7-20-19(28-3)17(13)18(25)21-14-4-5-15(16(12-14)24(26)27)23-10-8-22(2)9-11-23;3*1-2/h4-7,12H,8-11H2,1-3H3,(H,21,25);3*1-2H3. The van der Waals surface area contributed by atoms with Crippen molar-refractivity contribution in [2.24, 2.45) is 0 Å². The third-order valence-electron chi connectivity index (χ3n) is 4.82. The molecule has 0 saturated carbocycles. The Morgan fingerprint density at radius 2 is 1.65 bits per heavy atom. The number of nitrogens with zero attached hydrogens (tertiary/aromatic N) is 4. The van der Waals surface area contributed by atoms with Crippen LogP contribution in [0.5, 0.6) is 5.88 Å². The average Bonchev–Trinajstić information content (AvgIpc) is 2.88. The summed E-state index contributed by atoms with van der Waals surface area (Å²) in [5.41, 5.74) is 1.88. The van der Waals surface area contributed by atoms with Gasteiger partial charge in [0.25, 0.3) is 11.6 Å². The number of ether oxygens (including phenoxy) is 1. The molecule has 2 aromatic rings. The first-order chi connectivity index (χ1) is 16.4. The summed E-state index contributed by atoms with van der Waals surface area (Å²) >= 11 is 0. The molecule has 9 heteroatoms. The molecule has 0 radical (unpaired) electrons. The summed E-state index contributed by atoms with van der Waals surface area (Å²) in [6.45, 7) is 16.9. The number of pyridine rings is 1. The lowest BCUT2D eigenvalue weighted by Gasteiger charge is -2.33. The average molecular weight is 476 g/mol. The van der Waals surface area contributed by atoms with Crippen LogP contribution in [0.2, 0.25) is 0 Å². The number of carbonyl (C=O) groups is 1. The number of nitro benzene ring substituents is 1. The van der Waals surface area contributed by atoms with Gasteiger partial charge in [0.1, 0.15) is 11.3 Å². The summed E-state index contributed by atoms with van der Waals surface area (Å²) < 4.78 is 5.16. The van der Waals surface area contributed by atoms with Gasteiger partial charge in [-0.1, -0.05) is 41.5 Å². The van der Waals surface area contributed by atoms with Gasteiger partial charge >= 0.3 is 0 Å². The summed E-state index contributed by atoms with van der Waals surface area (Å²) in [6.07, 6.45) is 1.56. The first-order valence-electron chi connectivity index (χ1n) is 11.9. The molecule has 34 heavy (non-hydrogen) atoms. The van der Waals surface area contributed by atoms with Crippen molar-refractivity contribution < 1.29 is 14.5 Å². The van der Waals surface area contributed by atoms with E-state index in [2.05, 4.69) is 15.2 Å². The van der Waals surface area contributed by atoms with Gasteiger partial charge in [-0.15, -0.1) is 0 Å².